The van der Waals surface area contributed by atoms with Crippen LogP contribution >= 0.6 is 11.3 Å². The molecule has 3 aromatic rings. The number of hydrogen-bond donors (Lipinski definition) is 1. The number of imidazole rings is 1. The van der Waals surface area contributed by atoms with Crippen LogP contribution < -0.4 is 5.32 Å². The average molecular weight is 325 g/mol. The first-order chi connectivity index (χ1) is 11.2. The van der Waals surface area contributed by atoms with Gasteiger partial charge in [-0.1, -0.05) is 36.4 Å². The van der Waals surface area contributed by atoms with Gasteiger partial charge in [0.15, 0.2) is 0 Å². The second-order valence-electron chi connectivity index (χ2n) is 5.45. The molecule has 1 aromatic carbocycles. The van der Waals surface area contributed by atoms with Crippen molar-refractivity contribution in [3.63, 3.8) is 0 Å². The smallest absolute Gasteiger partial charge is 0.243 e. The maximum absolute atomic E-state index is 12.6. The second-order valence-corrected chi connectivity index (χ2v) is 6.43. The highest BCUT2D eigenvalue weighted by Gasteiger charge is 2.20. The molecule has 2 atom stereocenters. The van der Waals surface area contributed by atoms with E-state index in [0.29, 0.717) is 0 Å². The first kappa shape index (κ1) is 15.5. The third-order valence-corrected chi connectivity index (χ3v) is 4.82. The number of benzene rings is 1. The van der Waals surface area contributed by atoms with E-state index in [9.17, 15) is 4.79 Å². The molecular formula is C18H19N3OS. The largest absolute Gasteiger partial charge is 0.346 e. The third kappa shape index (κ3) is 3.87. The molecule has 4 nitrogen and oxygen atoms in total. The molecule has 2 heterocycles. The van der Waals surface area contributed by atoms with Gasteiger partial charge in [0.05, 0.1) is 12.4 Å². The van der Waals surface area contributed by atoms with Gasteiger partial charge in [-0.3, -0.25) is 4.79 Å². The molecule has 3 rings (SSSR count). The van der Waals surface area contributed by atoms with Gasteiger partial charge in [0.2, 0.25) is 5.91 Å². The highest BCUT2D eigenvalue weighted by Crippen LogP contribution is 2.23. The van der Waals surface area contributed by atoms with Crippen molar-refractivity contribution in [1.29, 1.82) is 0 Å². The summed E-state index contributed by atoms with van der Waals surface area (Å²) in [5, 5.41) is 5.22. The monoisotopic (exact) mass is 325 g/mol. The Morgan fingerprint density at radius 3 is 2.74 bits per heavy atom. The summed E-state index contributed by atoms with van der Waals surface area (Å²) < 4.78 is 1.81. The summed E-state index contributed by atoms with van der Waals surface area (Å²) in [5.41, 5.74) is 1.21. The van der Waals surface area contributed by atoms with Crippen LogP contribution in [0.25, 0.3) is 0 Å². The molecular weight excluding hydrogens is 306 g/mol. The molecule has 5 heteroatoms. The fourth-order valence-corrected chi connectivity index (χ4v) is 3.27. The summed E-state index contributed by atoms with van der Waals surface area (Å²) in [4.78, 5) is 17.8. The second kappa shape index (κ2) is 7.24. The van der Waals surface area contributed by atoms with Crippen molar-refractivity contribution in [2.24, 2.45) is 0 Å². The topological polar surface area (TPSA) is 46.9 Å². The van der Waals surface area contributed by atoms with Crippen molar-refractivity contribution in [1.82, 2.24) is 14.9 Å². The number of carbonyl (C=O) groups is 1. The van der Waals surface area contributed by atoms with Gasteiger partial charge < -0.3 is 9.88 Å². The maximum atomic E-state index is 12.6. The minimum atomic E-state index is -0.282. The summed E-state index contributed by atoms with van der Waals surface area (Å²) in [6.45, 7) is 1.88. The Kier molecular flexibility index (Phi) is 4.88. The molecule has 0 aliphatic rings. The van der Waals surface area contributed by atoms with Crippen molar-refractivity contribution in [3.8, 4) is 0 Å². The number of thiophene rings is 1. The fourth-order valence-electron chi connectivity index (χ4n) is 2.49. The zero-order chi connectivity index (χ0) is 16.1. The van der Waals surface area contributed by atoms with E-state index >= 15 is 0 Å². The van der Waals surface area contributed by atoms with Crippen LogP contribution in [-0.2, 0) is 11.2 Å². The third-order valence-electron chi connectivity index (χ3n) is 3.84. The minimum Gasteiger partial charge on any atom is -0.346 e. The predicted molar refractivity (Wildman–Crippen MR) is 92.3 cm³/mol. The van der Waals surface area contributed by atoms with Gasteiger partial charge in [0.1, 0.15) is 6.04 Å². The van der Waals surface area contributed by atoms with Crippen molar-refractivity contribution in [2.45, 2.75) is 25.4 Å². The molecule has 0 fully saturated rings. The average Bonchev–Trinajstić information content (AvgIpc) is 3.28. The van der Waals surface area contributed by atoms with Gasteiger partial charge in [-0.05, 0) is 30.4 Å². The highest BCUT2D eigenvalue weighted by molar-refractivity contribution is 7.10. The van der Waals surface area contributed by atoms with Crippen LogP contribution in [0, 0.1) is 0 Å². The molecule has 0 bridgehead atoms. The number of nitrogens with one attached hydrogen (secondary N) is 1. The number of hydrogen-bond acceptors (Lipinski definition) is 3. The van der Waals surface area contributed by atoms with Crippen molar-refractivity contribution < 1.29 is 4.79 Å². The number of aromatic nitrogens is 2. The molecule has 0 saturated heterocycles. The Hall–Kier alpha value is -2.40. The molecule has 1 amide bonds. The minimum absolute atomic E-state index is 0.00247. The molecule has 0 aliphatic carbocycles. The Morgan fingerprint density at radius 2 is 2.09 bits per heavy atom. The van der Waals surface area contributed by atoms with Crippen LogP contribution in [0.3, 0.4) is 0 Å². The molecule has 0 spiro atoms. The van der Waals surface area contributed by atoms with Crippen LogP contribution in [0.1, 0.15) is 29.4 Å². The fraction of sp³-hybridized carbons (Fsp3) is 0.222. The maximum Gasteiger partial charge on any atom is 0.243 e. The summed E-state index contributed by atoms with van der Waals surface area (Å²) in [6, 6.07) is 14.0. The van der Waals surface area contributed by atoms with Gasteiger partial charge in [0.25, 0.3) is 0 Å². The van der Waals surface area contributed by atoms with E-state index in [-0.39, 0.29) is 18.0 Å². The Morgan fingerprint density at radius 1 is 1.26 bits per heavy atom. The number of amides is 1. The Balaban J connectivity index is 1.75. The van der Waals surface area contributed by atoms with Crippen molar-refractivity contribution in [2.75, 3.05) is 0 Å². The number of nitrogens with zero attached hydrogens (tertiary/aromatic N) is 2. The van der Waals surface area contributed by atoms with E-state index in [1.54, 1.807) is 23.9 Å². The lowest BCUT2D eigenvalue weighted by Gasteiger charge is -2.21. The summed E-state index contributed by atoms with van der Waals surface area (Å²) in [7, 11) is 0. The first-order valence-electron chi connectivity index (χ1n) is 7.59. The molecule has 0 saturated carbocycles. The number of rotatable bonds is 6. The van der Waals surface area contributed by atoms with Crippen LogP contribution in [0.2, 0.25) is 0 Å². The van der Waals surface area contributed by atoms with E-state index < -0.39 is 0 Å². The molecule has 118 valence electrons. The number of carbonyl (C=O) groups excluding carboxylic acids is 1. The summed E-state index contributed by atoms with van der Waals surface area (Å²) >= 11 is 1.67. The van der Waals surface area contributed by atoms with Gasteiger partial charge in [0, 0.05) is 17.3 Å². The molecule has 1 N–H and O–H groups in total. The molecule has 23 heavy (non-hydrogen) atoms. The van der Waals surface area contributed by atoms with Gasteiger partial charge in [-0.15, -0.1) is 11.3 Å². The van der Waals surface area contributed by atoms with Crippen molar-refractivity contribution >= 4 is 17.2 Å². The van der Waals surface area contributed by atoms with E-state index in [1.165, 1.54) is 10.4 Å². The Labute approximate surface area is 139 Å². The van der Waals surface area contributed by atoms with E-state index in [0.717, 1.165) is 6.42 Å². The van der Waals surface area contributed by atoms with Crippen LogP contribution in [0.15, 0.2) is 66.6 Å². The van der Waals surface area contributed by atoms with Gasteiger partial charge >= 0.3 is 0 Å². The molecule has 2 aromatic heterocycles. The lowest BCUT2D eigenvalue weighted by molar-refractivity contribution is -0.124. The zero-order valence-electron chi connectivity index (χ0n) is 12.9. The Bertz CT molecular complexity index is 723. The van der Waals surface area contributed by atoms with Crippen LogP contribution in [0.5, 0.6) is 0 Å². The van der Waals surface area contributed by atoms with Crippen LogP contribution in [-0.4, -0.2) is 15.5 Å². The highest BCUT2D eigenvalue weighted by atomic mass is 32.1. The van der Waals surface area contributed by atoms with Gasteiger partial charge in [-0.25, -0.2) is 4.98 Å². The zero-order valence-corrected chi connectivity index (χ0v) is 13.7. The lowest BCUT2D eigenvalue weighted by atomic mass is 10.0. The van der Waals surface area contributed by atoms with E-state index in [4.69, 9.17) is 0 Å². The van der Waals surface area contributed by atoms with E-state index in [2.05, 4.69) is 28.5 Å². The first-order valence-corrected chi connectivity index (χ1v) is 8.47. The standard InChI is InChI=1S/C18H19N3OS/c1-14(21-10-9-19-13-21)18(22)20-16(17-8-5-11-23-17)12-15-6-3-2-4-7-15/h2-11,13-14,16H,12H2,1H3,(H,20,22)/t14-,16-/m0/s1. The predicted octanol–water partition coefficient (Wildman–Crippen LogP) is 3.61. The molecule has 0 unspecified atom stereocenters. The molecule has 0 radical (unpaired) electrons. The van der Waals surface area contributed by atoms with Gasteiger partial charge in [-0.2, -0.15) is 0 Å². The lowest BCUT2D eigenvalue weighted by Crippen LogP contribution is -2.34. The van der Waals surface area contributed by atoms with Crippen LogP contribution in [0.4, 0.5) is 0 Å². The SMILES string of the molecule is C[C@@H](C(=O)N[C@@H](Cc1ccccc1)c1cccs1)n1ccnc1. The van der Waals surface area contributed by atoms with E-state index in [1.807, 2.05) is 47.3 Å². The van der Waals surface area contributed by atoms with Crippen molar-refractivity contribution in [3.05, 3.63) is 77.0 Å². The normalized spacial score (nSPS) is 13.4. The summed E-state index contributed by atoms with van der Waals surface area (Å²) in [6.07, 6.45) is 5.94. The summed E-state index contributed by atoms with van der Waals surface area (Å²) in [5.74, 6) is -0.00247. The quantitative estimate of drug-likeness (QED) is 0.752. The molecule has 0 aliphatic heterocycles.